The molecule has 0 atom stereocenters. The molecule has 25 heavy (non-hydrogen) atoms. The Labute approximate surface area is 151 Å². The highest BCUT2D eigenvalue weighted by molar-refractivity contribution is 6.32. The number of benzene rings is 2. The summed E-state index contributed by atoms with van der Waals surface area (Å²) in [5, 5.41) is 10.8. The van der Waals surface area contributed by atoms with Gasteiger partial charge in [-0.25, -0.2) is 0 Å². The van der Waals surface area contributed by atoms with Crippen LogP contribution in [0.5, 0.6) is 11.5 Å². The molecular weight excluding hydrogens is 338 g/mol. The topological polar surface area (TPSA) is 49.8 Å². The first-order chi connectivity index (χ1) is 12.1. The number of aromatic hydroxyl groups is 1. The first-order valence-electron chi connectivity index (χ1n) is 8.39. The fourth-order valence-electron chi connectivity index (χ4n) is 3.35. The van der Waals surface area contributed by atoms with Gasteiger partial charge in [0.2, 0.25) is 5.78 Å². The van der Waals surface area contributed by atoms with Crippen LogP contribution in [0.2, 0.25) is 5.02 Å². The molecule has 1 N–H and O–H groups in total. The van der Waals surface area contributed by atoms with E-state index in [1.807, 2.05) is 18.2 Å². The van der Waals surface area contributed by atoms with Gasteiger partial charge in [0.15, 0.2) is 5.76 Å². The third-order valence-electron chi connectivity index (χ3n) is 4.69. The van der Waals surface area contributed by atoms with E-state index in [1.54, 1.807) is 24.3 Å². The molecule has 0 bridgehead atoms. The minimum absolute atomic E-state index is 0.164. The summed E-state index contributed by atoms with van der Waals surface area (Å²) in [5.74, 6) is 0.682. The van der Waals surface area contributed by atoms with Crippen molar-refractivity contribution in [2.45, 2.75) is 19.4 Å². The molecule has 2 aliphatic heterocycles. The van der Waals surface area contributed by atoms with Crippen molar-refractivity contribution in [2.75, 3.05) is 13.1 Å². The number of carbonyl (C=O) groups is 1. The molecule has 1 saturated heterocycles. The van der Waals surface area contributed by atoms with E-state index in [4.69, 9.17) is 16.3 Å². The largest absolute Gasteiger partial charge is 0.507 e. The van der Waals surface area contributed by atoms with Crippen LogP contribution >= 0.6 is 11.6 Å². The van der Waals surface area contributed by atoms with Gasteiger partial charge in [-0.1, -0.05) is 29.8 Å². The van der Waals surface area contributed by atoms with Crippen LogP contribution in [-0.2, 0) is 6.54 Å². The molecule has 0 spiro atoms. The summed E-state index contributed by atoms with van der Waals surface area (Å²) >= 11 is 6.17. The Morgan fingerprint density at radius 2 is 1.92 bits per heavy atom. The lowest BCUT2D eigenvalue weighted by Crippen LogP contribution is -2.18. The average Bonchev–Trinajstić information content (AvgIpc) is 3.21. The van der Waals surface area contributed by atoms with Crippen molar-refractivity contribution in [3.63, 3.8) is 0 Å². The maximum atomic E-state index is 12.7. The van der Waals surface area contributed by atoms with Crippen LogP contribution < -0.4 is 4.74 Å². The molecule has 128 valence electrons. The molecular formula is C20H18ClNO3. The van der Waals surface area contributed by atoms with Crippen LogP contribution in [0.1, 0.15) is 34.3 Å². The van der Waals surface area contributed by atoms with Crippen LogP contribution in [0.3, 0.4) is 0 Å². The fourth-order valence-corrected chi connectivity index (χ4v) is 3.54. The number of phenols is 1. The molecule has 2 heterocycles. The predicted octanol–water partition coefficient (Wildman–Crippen LogP) is 4.26. The van der Waals surface area contributed by atoms with Crippen molar-refractivity contribution in [2.24, 2.45) is 0 Å². The highest BCUT2D eigenvalue weighted by Crippen LogP contribution is 2.40. The number of ketones is 1. The van der Waals surface area contributed by atoms with Crippen molar-refractivity contribution in [1.82, 2.24) is 4.90 Å². The summed E-state index contributed by atoms with van der Waals surface area (Å²) in [7, 11) is 0. The second-order valence-electron chi connectivity index (χ2n) is 6.38. The van der Waals surface area contributed by atoms with Crippen molar-refractivity contribution >= 4 is 23.5 Å². The van der Waals surface area contributed by atoms with E-state index < -0.39 is 0 Å². The number of phenolic OH excluding ortho intramolecular Hbond substituents is 1. The zero-order chi connectivity index (χ0) is 17.4. The van der Waals surface area contributed by atoms with Gasteiger partial charge in [-0.2, -0.15) is 0 Å². The Hall–Kier alpha value is -2.30. The van der Waals surface area contributed by atoms with Crippen molar-refractivity contribution < 1.29 is 14.6 Å². The summed E-state index contributed by atoms with van der Waals surface area (Å²) in [6.07, 6.45) is 3.97. The summed E-state index contributed by atoms with van der Waals surface area (Å²) in [4.78, 5) is 14.9. The van der Waals surface area contributed by atoms with E-state index in [2.05, 4.69) is 4.90 Å². The van der Waals surface area contributed by atoms with Gasteiger partial charge < -0.3 is 9.84 Å². The lowest BCUT2D eigenvalue weighted by molar-refractivity contribution is 0.101. The summed E-state index contributed by atoms with van der Waals surface area (Å²) < 4.78 is 5.87. The number of allylic oxidation sites excluding steroid dienone is 1. The van der Waals surface area contributed by atoms with E-state index in [9.17, 15) is 9.90 Å². The number of ether oxygens (including phenoxy) is 1. The molecule has 0 radical (unpaired) electrons. The number of nitrogens with zero attached hydrogens (tertiary/aromatic N) is 1. The van der Waals surface area contributed by atoms with Gasteiger partial charge in [-0.05, 0) is 55.8 Å². The quantitative estimate of drug-likeness (QED) is 0.836. The van der Waals surface area contributed by atoms with Gasteiger partial charge in [-0.3, -0.25) is 9.69 Å². The van der Waals surface area contributed by atoms with Crippen LogP contribution in [-0.4, -0.2) is 28.9 Å². The monoisotopic (exact) mass is 355 g/mol. The number of fused-ring (bicyclic) bond motifs is 1. The average molecular weight is 356 g/mol. The summed E-state index contributed by atoms with van der Waals surface area (Å²) in [6, 6.07) is 10.5. The lowest BCUT2D eigenvalue weighted by Gasteiger charge is -2.17. The molecule has 0 aromatic heterocycles. The third kappa shape index (κ3) is 3.03. The van der Waals surface area contributed by atoms with E-state index in [-0.39, 0.29) is 17.3 Å². The predicted molar refractivity (Wildman–Crippen MR) is 97.0 cm³/mol. The SMILES string of the molecule is O=C1/C(=C/c2ccccc2Cl)Oc2c1ccc(O)c2CN1CCCC1. The maximum absolute atomic E-state index is 12.7. The molecule has 0 unspecified atom stereocenters. The lowest BCUT2D eigenvalue weighted by atomic mass is 10.0. The van der Waals surface area contributed by atoms with E-state index in [0.717, 1.165) is 31.5 Å². The molecule has 5 heteroatoms. The molecule has 4 rings (SSSR count). The minimum Gasteiger partial charge on any atom is -0.507 e. The summed E-state index contributed by atoms with van der Waals surface area (Å²) in [6.45, 7) is 2.58. The van der Waals surface area contributed by atoms with Crippen molar-refractivity contribution in [3.05, 3.63) is 63.9 Å². The second kappa shape index (κ2) is 6.54. The van der Waals surface area contributed by atoms with Crippen molar-refractivity contribution in [1.29, 1.82) is 0 Å². The second-order valence-corrected chi connectivity index (χ2v) is 6.79. The number of likely N-dealkylation sites (tertiary alicyclic amines) is 1. The van der Waals surface area contributed by atoms with Crippen LogP contribution in [0.4, 0.5) is 0 Å². The normalized spacial score (nSPS) is 18.6. The highest BCUT2D eigenvalue weighted by Gasteiger charge is 2.32. The number of hydrogen-bond acceptors (Lipinski definition) is 4. The number of rotatable bonds is 3. The molecule has 1 fully saturated rings. The minimum atomic E-state index is -0.183. The van der Waals surface area contributed by atoms with E-state index in [1.165, 1.54) is 0 Å². The molecule has 2 aliphatic rings. The molecule has 0 saturated carbocycles. The van der Waals surface area contributed by atoms with Gasteiger partial charge in [0.25, 0.3) is 0 Å². The van der Waals surface area contributed by atoms with Crippen LogP contribution in [0, 0.1) is 0 Å². The van der Waals surface area contributed by atoms with E-state index >= 15 is 0 Å². The number of hydrogen-bond donors (Lipinski definition) is 1. The smallest absolute Gasteiger partial charge is 0.231 e. The molecule has 2 aromatic carbocycles. The molecule has 0 aliphatic carbocycles. The maximum Gasteiger partial charge on any atom is 0.231 e. The van der Waals surface area contributed by atoms with Gasteiger partial charge >= 0.3 is 0 Å². The fraction of sp³-hybridized carbons (Fsp3) is 0.250. The molecule has 4 nitrogen and oxygen atoms in total. The number of Topliss-reactive ketones (excluding diaryl/α,β-unsaturated/α-hetero) is 1. The van der Waals surface area contributed by atoms with Crippen LogP contribution in [0.25, 0.3) is 6.08 Å². The Kier molecular flexibility index (Phi) is 4.24. The molecule has 0 amide bonds. The standard InChI is InChI=1S/C20H18ClNO3/c21-16-6-2-1-5-13(16)11-18-19(24)14-7-8-17(23)15(20(14)25-18)12-22-9-3-4-10-22/h1-2,5-8,11,23H,3-4,9-10,12H2/b18-11-. The van der Waals surface area contributed by atoms with E-state index in [0.29, 0.717) is 28.4 Å². The van der Waals surface area contributed by atoms with Gasteiger partial charge in [0.1, 0.15) is 11.5 Å². The Morgan fingerprint density at radius 3 is 2.68 bits per heavy atom. The van der Waals surface area contributed by atoms with Gasteiger partial charge in [0.05, 0.1) is 11.1 Å². The molecule has 2 aromatic rings. The van der Waals surface area contributed by atoms with Crippen LogP contribution in [0.15, 0.2) is 42.2 Å². The Balaban J connectivity index is 1.70. The Morgan fingerprint density at radius 1 is 1.16 bits per heavy atom. The highest BCUT2D eigenvalue weighted by atomic mass is 35.5. The number of halogens is 1. The zero-order valence-electron chi connectivity index (χ0n) is 13.7. The van der Waals surface area contributed by atoms with Gasteiger partial charge in [0, 0.05) is 11.6 Å². The Bertz CT molecular complexity index is 869. The third-order valence-corrected chi connectivity index (χ3v) is 5.03. The zero-order valence-corrected chi connectivity index (χ0v) is 14.4. The first-order valence-corrected chi connectivity index (χ1v) is 8.77. The first kappa shape index (κ1) is 16.2. The van der Waals surface area contributed by atoms with Gasteiger partial charge in [-0.15, -0.1) is 0 Å². The summed E-state index contributed by atoms with van der Waals surface area (Å²) in [5.41, 5.74) is 1.89. The number of carbonyl (C=O) groups excluding carboxylic acids is 1. The van der Waals surface area contributed by atoms with Crippen molar-refractivity contribution in [3.8, 4) is 11.5 Å².